The van der Waals surface area contributed by atoms with Crippen molar-refractivity contribution in [3.05, 3.63) is 0 Å². The molecule has 2 nitrogen and oxygen atoms in total. The fourth-order valence-corrected chi connectivity index (χ4v) is 0.206. The molecule has 0 aliphatic carbocycles. The van der Waals surface area contributed by atoms with Crippen LogP contribution in [-0.2, 0) is 0 Å². The lowest BCUT2D eigenvalue weighted by molar-refractivity contribution is -0.00712. The molecule has 0 spiro atoms. The van der Waals surface area contributed by atoms with E-state index >= 15 is 0 Å². The first-order chi connectivity index (χ1) is 3.72. The van der Waals surface area contributed by atoms with Gasteiger partial charge in [0.05, 0.1) is 0 Å². The van der Waals surface area contributed by atoms with E-state index in [1.165, 1.54) is 0 Å². The van der Waals surface area contributed by atoms with Gasteiger partial charge in [-0.15, -0.1) is 0 Å². The van der Waals surface area contributed by atoms with Crippen LogP contribution in [0.25, 0.3) is 0 Å². The monoisotopic (exact) mass is 126 g/mol. The summed E-state index contributed by atoms with van der Waals surface area (Å²) >= 11 is 0. The summed E-state index contributed by atoms with van der Waals surface area (Å²) in [6, 6.07) is 0. The molecule has 2 atom stereocenters. The van der Waals surface area contributed by atoms with Gasteiger partial charge in [0.25, 0.3) is 0 Å². The smallest absolute Gasteiger partial charge is 0.118 e. The molecule has 2 unspecified atom stereocenters. The second-order valence-electron chi connectivity index (χ2n) is 1.44. The highest BCUT2D eigenvalue weighted by atomic mass is 19.1. The molecule has 0 aliphatic heterocycles. The van der Waals surface area contributed by atoms with E-state index in [1.807, 2.05) is 0 Å². The zero-order valence-electron chi connectivity index (χ0n) is 4.22. The van der Waals surface area contributed by atoms with E-state index in [0.29, 0.717) is 0 Å². The van der Waals surface area contributed by atoms with Gasteiger partial charge in [-0.05, 0) is 0 Å². The van der Waals surface area contributed by atoms with Crippen molar-refractivity contribution in [1.29, 1.82) is 0 Å². The van der Waals surface area contributed by atoms with E-state index in [1.54, 1.807) is 0 Å². The zero-order valence-corrected chi connectivity index (χ0v) is 4.22. The van der Waals surface area contributed by atoms with Crippen LogP contribution >= 0.6 is 0 Å². The molecule has 0 bridgehead atoms. The van der Waals surface area contributed by atoms with Crippen molar-refractivity contribution in [1.82, 2.24) is 0 Å². The third-order valence-corrected chi connectivity index (χ3v) is 0.760. The van der Waals surface area contributed by atoms with E-state index in [9.17, 15) is 8.78 Å². The van der Waals surface area contributed by atoms with E-state index in [4.69, 9.17) is 10.2 Å². The molecule has 0 fully saturated rings. The fourth-order valence-electron chi connectivity index (χ4n) is 0.206. The Hall–Kier alpha value is -0.220. The van der Waals surface area contributed by atoms with Gasteiger partial charge in [0.15, 0.2) is 0 Å². The van der Waals surface area contributed by atoms with Crippen LogP contribution in [0.4, 0.5) is 8.78 Å². The summed E-state index contributed by atoms with van der Waals surface area (Å²) < 4.78 is 22.5. The molecular weight excluding hydrogens is 118 g/mol. The van der Waals surface area contributed by atoms with Gasteiger partial charge in [-0.1, -0.05) is 0 Å². The first kappa shape index (κ1) is 7.78. The van der Waals surface area contributed by atoms with Crippen molar-refractivity contribution in [2.75, 3.05) is 13.3 Å². The van der Waals surface area contributed by atoms with Gasteiger partial charge in [-0.3, -0.25) is 0 Å². The van der Waals surface area contributed by atoms with Gasteiger partial charge < -0.3 is 10.2 Å². The van der Waals surface area contributed by atoms with Crippen molar-refractivity contribution in [2.24, 2.45) is 0 Å². The predicted molar refractivity (Wildman–Crippen MR) is 24.0 cm³/mol. The Bertz CT molecular complexity index is 52.0. The summed E-state index contributed by atoms with van der Waals surface area (Å²) in [6.45, 7) is -2.21. The third-order valence-electron chi connectivity index (χ3n) is 0.760. The molecule has 0 saturated carbocycles. The highest BCUT2D eigenvalue weighted by Gasteiger charge is 2.14. The van der Waals surface area contributed by atoms with Crippen molar-refractivity contribution < 1.29 is 19.0 Å². The van der Waals surface area contributed by atoms with Crippen LogP contribution in [0.15, 0.2) is 0 Å². The lowest BCUT2D eigenvalue weighted by Gasteiger charge is -2.08. The van der Waals surface area contributed by atoms with Crippen molar-refractivity contribution in [3.63, 3.8) is 0 Å². The molecule has 0 aromatic heterocycles. The molecule has 0 heterocycles. The number of hydrogen-bond donors (Lipinski definition) is 2. The van der Waals surface area contributed by atoms with Gasteiger partial charge in [0, 0.05) is 0 Å². The molecule has 0 aromatic carbocycles. The average molecular weight is 126 g/mol. The molecular formula is C4H8F2O2. The SMILES string of the molecule is OC(CF)C(O)CF. The number of aliphatic hydroxyl groups is 2. The standard InChI is InChI=1S/C4H8F2O2/c5-1-3(7)4(8)2-6/h3-4,7-8H,1-2H2. The molecule has 0 radical (unpaired) electrons. The van der Waals surface area contributed by atoms with Gasteiger partial charge in [0.2, 0.25) is 0 Å². The van der Waals surface area contributed by atoms with Crippen LogP contribution in [0.3, 0.4) is 0 Å². The maximum atomic E-state index is 11.2. The average Bonchev–Trinajstić information content (AvgIpc) is 1.84. The van der Waals surface area contributed by atoms with Crippen LogP contribution in [-0.4, -0.2) is 35.8 Å². The first-order valence-electron chi connectivity index (χ1n) is 2.20. The van der Waals surface area contributed by atoms with E-state index in [-0.39, 0.29) is 0 Å². The van der Waals surface area contributed by atoms with E-state index in [2.05, 4.69) is 0 Å². The first-order valence-corrected chi connectivity index (χ1v) is 2.20. The molecule has 2 N–H and O–H groups in total. The summed E-state index contributed by atoms with van der Waals surface area (Å²) in [5.74, 6) is 0. The van der Waals surface area contributed by atoms with Crippen LogP contribution in [0.2, 0.25) is 0 Å². The van der Waals surface area contributed by atoms with Crippen LogP contribution in [0, 0.1) is 0 Å². The topological polar surface area (TPSA) is 40.5 Å². The lowest BCUT2D eigenvalue weighted by Crippen LogP contribution is -2.29. The maximum Gasteiger partial charge on any atom is 0.118 e. The minimum Gasteiger partial charge on any atom is -0.388 e. The Kier molecular flexibility index (Phi) is 3.64. The molecule has 0 aromatic rings. The quantitative estimate of drug-likeness (QED) is 0.542. The summed E-state index contributed by atoms with van der Waals surface area (Å²) in [5, 5.41) is 16.5. The number of rotatable bonds is 3. The maximum absolute atomic E-state index is 11.2. The van der Waals surface area contributed by atoms with Crippen LogP contribution < -0.4 is 0 Å². The minimum atomic E-state index is -1.57. The summed E-state index contributed by atoms with van der Waals surface area (Å²) in [7, 11) is 0. The van der Waals surface area contributed by atoms with Crippen molar-refractivity contribution in [2.45, 2.75) is 12.2 Å². The number of hydrogen-bond acceptors (Lipinski definition) is 2. The van der Waals surface area contributed by atoms with Crippen molar-refractivity contribution in [3.8, 4) is 0 Å². The molecule has 0 aliphatic rings. The summed E-state index contributed by atoms with van der Waals surface area (Å²) in [6.07, 6.45) is -3.14. The highest BCUT2D eigenvalue weighted by Crippen LogP contribution is 1.93. The van der Waals surface area contributed by atoms with E-state index in [0.717, 1.165) is 0 Å². The van der Waals surface area contributed by atoms with Crippen LogP contribution in [0.1, 0.15) is 0 Å². The zero-order chi connectivity index (χ0) is 6.57. The predicted octanol–water partition coefficient (Wildman–Crippen LogP) is -0.353. The highest BCUT2D eigenvalue weighted by molar-refractivity contribution is 4.63. The number of halogens is 2. The fraction of sp³-hybridized carbons (Fsp3) is 1.00. The number of alkyl halides is 2. The third kappa shape index (κ3) is 2.18. The molecule has 4 heteroatoms. The largest absolute Gasteiger partial charge is 0.388 e. The Morgan fingerprint density at radius 1 is 1.00 bits per heavy atom. The summed E-state index contributed by atoms with van der Waals surface area (Å²) in [5.41, 5.74) is 0. The number of aliphatic hydroxyl groups excluding tert-OH is 2. The second-order valence-corrected chi connectivity index (χ2v) is 1.44. The molecule has 8 heavy (non-hydrogen) atoms. The lowest BCUT2D eigenvalue weighted by atomic mass is 10.2. The second kappa shape index (κ2) is 3.74. The van der Waals surface area contributed by atoms with Gasteiger partial charge in [0.1, 0.15) is 25.6 Å². The summed E-state index contributed by atoms with van der Waals surface area (Å²) in [4.78, 5) is 0. The van der Waals surface area contributed by atoms with Crippen molar-refractivity contribution >= 4 is 0 Å². The minimum absolute atomic E-state index is 1.11. The Balaban J connectivity index is 3.29. The van der Waals surface area contributed by atoms with E-state index < -0.39 is 25.6 Å². The molecule has 50 valence electrons. The Morgan fingerprint density at radius 3 is 1.38 bits per heavy atom. The van der Waals surface area contributed by atoms with Crippen LogP contribution in [0.5, 0.6) is 0 Å². The molecule has 0 saturated heterocycles. The van der Waals surface area contributed by atoms with Gasteiger partial charge in [-0.25, -0.2) is 8.78 Å². The van der Waals surface area contributed by atoms with Gasteiger partial charge in [-0.2, -0.15) is 0 Å². The normalized spacial score (nSPS) is 18.0. The Morgan fingerprint density at radius 2 is 1.25 bits per heavy atom. The Labute approximate surface area is 45.8 Å². The molecule has 0 amide bonds. The molecule has 0 rings (SSSR count). The van der Waals surface area contributed by atoms with Gasteiger partial charge >= 0.3 is 0 Å².